The maximum Gasteiger partial charge on any atom is 0.236 e. The highest BCUT2D eigenvalue weighted by Crippen LogP contribution is 2.35. The molecule has 0 aromatic heterocycles. The Labute approximate surface area is 171 Å². The summed E-state index contributed by atoms with van der Waals surface area (Å²) in [6.45, 7) is 1.91. The highest BCUT2D eigenvalue weighted by Gasteiger charge is 2.47. The van der Waals surface area contributed by atoms with Crippen molar-refractivity contribution in [3.8, 4) is 0 Å². The summed E-state index contributed by atoms with van der Waals surface area (Å²) < 4.78 is 26.6. The Kier molecular flexibility index (Phi) is 5.67. The fourth-order valence-electron chi connectivity index (χ4n) is 4.15. The third kappa shape index (κ3) is 4.19. The highest BCUT2D eigenvalue weighted by atomic mass is 32.2. The molecule has 1 aromatic rings. The zero-order chi connectivity index (χ0) is 20.4. The molecule has 2 amide bonds. The Morgan fingerprint density at radius 3 is 2.07 bits per heavy atom. The van der Waals surface area contributed by atoms with Crippen molar-refractivity contribution in [3.63, 3.8) is 0 Å². The molecular weight excluding hydrogens is 390 g/mol. The highest BCUT2D eigenvalue weighted by molar-refractivity contribution is 7.92. The zero-order valence-corrected chi connectivity index (χ0v) is 17.0. The van der Waals surface area contributed by atoms with Crippen molar-refractivity contribution in [2.45, 2.75) is 12.8 Å². The van der Waals surface area contributed by atoms with Gasteiger partial charge in [0.25, 0.3) is 0 Å². The van der Waals surface area contributed by atoms with Crippen LogP contribution in [0.25, 0.3) is 6.08 Å². The molecule has 0 bridgehead atoms. The number of fused-ring (bicyclic) bond motifs is 1. The van der Waals surface area contributed by atoms with E-state index in [1.54, 1.807) is 6.08 Å². The molecule has 8 heteroatoms. The molecule has 0 radical (unpaired) electrons. The van der Waals surface area contributed by atoms with Gasteiger partial charge in [-0.2, -0.15) is 4.31 Å². The fourth-order valence-corrected chi connectivity index (χ4v) is 5.32. The number of hydrogen-bond donors (Lipinski definition) is 0. The third-order valence-electron chi connectivity index (χ3n) is 5.86. The summed E-state index contributed by atoms with van der Waals surface area (Å²) in [4.78, 5) is 28.5. The van der Waals surface area contributed by atoms with Gasteiger partial charge in [-0.25, -0.2) is 8.42 Å². The fraction of sp³-hybridized carbons (Fsp3) is 0.429. The standard InChI is InChI=1S/C21H25N3O4S/c25-20-18-8-4-5-9-19(18)21(26)24(20)16-22-11-13-23(14-12-22)29(27,28)15-10-17-6-2-1-3-7-17/h1-7,10,15,18-19H,8-9,11-14,16H2/b15-10+/t18-,19-/m1/s1. The first-order chi connectivity index (χ1) is 14.0. The van der Waals surface area contributed by atoms with Crippen LogP contribution in [-0.2, 0) is 19.6 Å². The molecule has 1 aromatic carbocycles. The number of hydrogen-bond acceptors (Lipinski definition) is 5. The van der Waals surface area contributed by atoms with Crippen molar-refractivity contribution >= 4 is 27.9 Å². The van der Waals surface area contributed by atoms with E-state index in [2.05, 4.69) is 0 Å². The predicted octanol–water partition coefficient (Wildman–Crippen LogP) is 1.51. The molecule has 0 saturated carbocycles. The van der Waals surface area contributed by atoms with E-state index >= 15 is 0 Å². The topological polar surface area (TPSA) is 78.0 Å². The van der Waals surface area contributed by atoms with E-state index in [4.69, 9.17) is 0 Å². The van der Waals surface area contributed by atoms with Gasteiger partial charge in [-0.1, -0.05) is 42.5 Å². The van der Waals surface area contributed by atoms with E-state index in [1.165, 1.54) is 14.6 Å². The molecule has 154 valence electrons. The van der Waals surface area contributed by atoms with E-state index in [0.717, 1.165) is 5.56 Å². The summed E-state index contributed by atoms with van der Waals surface area (Å²) in [6.07, 6.45) is 6.81. The third-order valence-corrected chi connectivity index (χ3v) is 7.43. The second-order valence-corrected chi connectivity index (χ2v) is 9.50. The molecule has 1 aliphatic carbocycles. The summed E-state index contributed by atoms with van der Waals surface area (Å²) in [5.41, 5.74) is 0.830. The number of carbonyl (C=O) groups is 2. The van der Waals surface area contributed by atoms with Crippen molar-refractivity contribution in [2.24, 2.45) is 11.8 Å². The minimum Gasteiger partial charge on any atom is -0.283 e. The lowest BCUT2D eigenvalue weighted by Gasteiger charge is -2.35. The van der Waals surface area contributed by atoms with Crippen molar-refractivity contribution in [1.29, 1.82) is 0 Å². The number of carbonyl (C=O) groups excluding carboxylic acids is 2. The van der Waals surface area contributed by atoms with Crippen LogP contribution in [0.1, 0.15) is 18.4 Å². The smallest absolute Gasteiger partial charge is 0.236 e. The van der Waals surface area contributed by atoms with Crippen LogP contribution in [0, 0.1) is 11.8 Å². The number of benzene rings is 1. The van der Waals surface area contributed by atoms with Crippen LogP contribution in [0.4, 0.5) is 0 Å². The maximum absolute atomic E-state index is 12.6. The summed E-state index contributed by atoms with van der Waals surface area (Å²) in [7, 11) is -3.50. The van der Waals surface area contributed by atoms with E-state index in [0.29, 0.717) is 39.0 Å². The molecule has 2 fully saturated rings. The average molecular weight is 416 g/mol. The van der Waals surface area contributed by atoms with Crippen LogP contribution in [0.15, 0.2) is 47.9 Å². The molecule has 4 rings (SSSR count). The Morgan fingerprint density at radius 1 is 0.897 bits per heavy atom. The van der Waals surface area contributed by atoms with Crippen molar-refractivity contribution in [1.82, 2.24) is 14.1 Å². The van der Waals surface area contributed by atoms with Crippen LogP contribution >= 0.6 is 0 Å². The minimum absolute atomic E-state index is 0.0924. The zero-order valence-electron chi connectivity index (χ0n) is 16.2. The van der Waals surface area contributed by atoms with Crippen LogP contribution in [0.3, 0.4) is 0 Å². The van der Waals surface area contributed by atoms with E-state index in [1.807, 2.05) is 47.4 Å². The van der Waals surface area contributed by atoms with Gasteiger partial charge in [-0.3, -0.25) is 19.4 Å². The Balaban J connectivity index is 1.33. The molecule has 0 unspecified atom stereocenters. The van der Waals surface area contributed by atoms with Gasteiger partial charge in [0.2, 0.25) is 21.8 Å². The minimum atomic E-state index is -3.50. The van der Waals surface area contributed by atoms with Crippen LogP contribution < -0.4 is 0 Å². The van der Waals surface area contributed by atoms with Gasteiger partial charge in [-0.15, -0.1) is 0 Å². The lowest BCUT2D eigenvalue weighted by atomic mass is 9.85. The second-order valence-electron chi connectivity index (χ2n) is 7.68. The van der Waals surface area contributed by atoms with Gasteiger partial charge in [0.15, 0.2) is 0 Å². The van der Waals surface area contributed by atoms with Crippen LogP contribution in [0.5, 0.6) is 0 Å². The van der Waals surface area contributed by atoms with Gasteiger partial charge in [-0.05, 0) is 24.5 Å². The SMILES string of the molecule is O=C1[C@@H]2CC=CC[C@H]2C(=O)N1CN1CCN(S(=O)(=O)/C=C/c2ccccc2)CC1. The average Bonchev–Trinajstić information content (AvgIpc) is 2.99. The molecule has 29 heavy (non-hydrogen) atoms. The molecule has 3 aliphatic rings. The number of sulfonamides is 1. The molecular formula is C21H25N3O4S. The summed E-state index contributed by atoms with van der Waals surface area (Å²) >= 11 is 0. The molecule has 2 heterocycles. The van der Waals surface area contributed by atoms with Gasteiger partial charge < -0.3 is 0 Å². The number of likely N-dealkylation sites (tertiary alicyclic amines) is 1. The molecule has 0 N–H and O–H groups in total. The first kappa shape index (κ1) is 20.0. The summed E-state index contributed by atoms with van der Waals surface area (Å²) in [5, 5.41) is 1.24. The normalized spacial score (nSPS) is 26.4. The largest absolute Gasteiger partial charge is 0.283 e. The summed E-state index contributed by atoms with van der Waals surface area (Å²) in [6, 6.07) is 9.30. The lowest BCUT2D eigenvalue weighted by molar-refractivity contribution is -0.142. The monoisotopic (exact) mass is 415 g/mol. The molecule has 0 spiro atoms. The number of imide groups is 1. The van der Waals surface area contributed by atoms with Crippen molar-refractivity contribution < 1.29 is 18.0 Å². The first-order valence-corrected chi connectivity index (χ1v) is 11.4. The Morgan fingerprint density at radius 2 is 1.48 bits per heavy atom. The van der Waals surface area contributed by atoms with Gasteiger partial charge >= 0.3 is 0 Å². The number of amides is 2. The Hall–Kier alpha value is -2.29. The predicted molar refractivity (Wildman–Crippen MR) is 110 cm³/mol. The second kappa shape index (κ2) is 8.22. The summed E-state index contributed by atoms with van der Waals surface area (Å²) in [5.74, 6) is -0.634. The molecule has 2 saturated heterocycles. The van der Waals surface area contributed by atoms with Crippen LogP contribution in [-0.4, -0.2) is 67.2 Å². The lowest BCUT2D eigenvalue weighted by Crippen LogP contribution is -2.52. The van der Waals surface area contributed by atoms with E-state index < -0.39 is 10.0 Å². The van der Waals surface area contributed by atoms with Crippen LogP contribution in [0.2, 0.25) is 0 Å². The first-order valence-electron chi connectivity index (χ1n) is 9.91. The van der Waals surface area contributed by atoms with E-state index in [9.17, 15) is 18.0 Å². The maximum atomic E-state index is 12.6. The van der Waals surface area contributed by atoms with E-state index in [-0.39, 0.29) is 30.3 Å². The quantitative estimate of drug-likeness (QED) is 0.538. The molecule has 2 aliphatic heterocycles. The van der Waals surface area contributed by atoms with Gasteiger partial charge in [0, 0.05) is 31.6 Å². The van der Waals surface area contributed by atoms with Crippen molar-refractivity contribution in [3.05, 3.63) is 53.5 Å². The number of piperazine rings is 1. The Bertz CT molecular complexity index is 908. The number of rotatable bonds is 5. The number of allylic oxidation sites excluding steroid dienone is 2. The van der Waals surface area contributed by atoms with Gasteiger partial charge in [0.05, 0.1) is 18.5 Å². The number of nitrogens with zero attached hydrogens (tertiary/aromatic N) is 3. The molecule has 2 atom stereocenters. The molecule has 7 nitrogen and oxygen atoms in total. The van der Waals surface area contributed by atoms with Crippen molar-refractivity contribution in [2.75, 3.05) is 32.8 Å². The van der Waals surface area contributed by atoms with Gasteiger partial charge in [0.1, 0.15) is 0 Å².